The topological polar surface area (TPSA) is 75.2 Å². The highest BCUT2D eigenvalue weighted by atomic mass is 16.2. The van der Waals surface area contributed by atoms with E-state index in [0.717, 1.165) is 19.3 Å². The van der Waals surface area contributed by atoms with Gasteiger partial charge in [0.05, 0.1) is 12.1 Å². The predicted octanol–water partition coefficient (Wildman–Crippen LogP) is 0.855. The molecule has 2 rings (SSSR count). The maximum atomic E-state index is 12.3. The largest absolute Gasteiger partial charge is 0.356 e. The molecule has 0 spiro atoms. The summed E-state index contributed by atoms with van der Waals surface area (Å²) in [5.41, 5.74) is 0.335. The summed E-state index contributed by atoms with van der Waals surface area (Å²) in [6, 6.07) is 0. The van der Waals surface area contributed by atoms with Gasteiger partial charge in [0.25, 0.3) is 5.91 Å². The summed E-state index contributed by atoms with van der Waals surface area (Å²) < 4.78 is 0. The van der Waals surface area contributed by atoms with Gasteiger partial charge < -0.3 is 10.2 Å². The zero-order valence-electron chi connectivity index (χ0n) is 11.7. The molecule has 6 heteroatoms. The van der Waals surface area contributed by atoms with Crippen LogP contribution in [-0.2, 0) is 4.79 Å². The van der Waals surface area contributed by atoms with Crippen molar-refractivity contribution >= 4 is 11.8 Å². The van der Waals surface area contributed by atoms with E-state index in [1.54, 1.807) is 4.90 Å². The third-order valence-electron chi connectivity index (χ3n) is 3.41. The number of carbonyl (C=O) groups is 2. The van der Waals surface area contributed by atoms with Gasteiger partial charge in [-0.1, -0.05) is 6.92 Å². The van der Waals surface area contributed by atoms with Crippen LogP contribution < -0.4 is 5.32 Å². The van der Waals surface area contributed by atoms with Gasteiger partial charge in [-0.2, -0.15) is 0 Å². The quantitative estimate of drug-likeness (QED) is 0.885. The molecule has 1 N–H and O–H groups in total. The van der Waals surface area contributed by atoms with Crippen LogP contribution in [-0.4, -0.2) is 46.3 Å². The van der Waals surface area contributed by atoms with Gasteiger partial charge in [0.2, 0.25) is 5.91 Å². The molecule has 2 heterocycles. The number of aromatic nitrogens is 2. The normalized spacial score (nSPS) is 18.6. The van der Waals surface area contributed by atoms with E-state index in [-0.39, 0.29) is 17.7 Å². The maximum Gasteiger partial charge on any atom is 0.274 e. The second kappa shape index (κ2) is 6.98. The minimum absolute atomic E-state index is 0.0449. The van der Waals surface area contributed by atoms with Crippen LogP contribution in [0.2, 0.25) is 0 Å². The number of hydrogen-bond acceptors (Lipinski definition) is 4. The molecular formula is C14H20N4O2. The van der Waals surface area contributed by atoms with Gasteiger partial charge >= 0.3 is 0 Å². The van der Waals surface area contributed by atoms with Crippen LogP contribution >= 0.6 is 0 Å². The van der Waals surface area contributed by atoms with Gasteiger partial charge in [-0.05, 0) is 19.3 Å². The fraction of sp³-hybridized carbons (Fsp3) is 0.571. The van der Waals surface area contributed by atoms with Gasteiger partial charge in [-0.3, -0.25) is 14.6 Å². The third-order valence-corrected chi connectivity index (χ3v) is 3.41. The summed E-state index contributed by atoms with van der Waals surface area (Å²) in [6.45, 7) is 3.84. The van der Waals surface area contributed by atoms with Crippen LogP contribution in [0.15, 0.2) is 18.6 Å². The van der Waals surface area contributed by atoms with E-state index in [1.807, 2.05) is 6.92 Å². The number of amides is 2. The van der Waals surface area contributed by atoms with Crippen LogP contribution in [0.1, 0.15) is 36.7 Å². The number of hydrogen-bond donors (Lipinski definition) is 1. The Morgan fingerprint density at radius 3 is 3.00 bits per heavy atom. The molecule has 1 aromatic rings. The lowest BCUT2D eigenvalue weighted by Crippen LogP contribution is -2.45. The fourth-order valence-electron chi connectivity index (χ4n) is 2.34. The molecule has 0 aromatic carbocycles. The molecule has 0 saturated carbocycles. The number of piperidine rings is 1. The highest BCUT2D eigenvalue weighted by Gasteiger charge is 2.29. The second-order valence-electron chi connectivity index (χ2n) is 4.97. The van der Waals surface area contributed by atoms with Crippen molar-refractivity contribution < 1.29 is 9.59 Å². The van der Waals surface area contributed by atoms with Crippen LogP contribution in [0, 0.1) is 5.92 Å². The summed E-state index contributed by atoms with van der Waals surface area (Å²) in [6.07, 6.45) is 7.09. The summed E-state index contributed by atoms with van der Waals surface area (Å²) in [4.78, 5) is 33.9. The van der Waals surface area contributed by atoms with E-state index in [9.17, 15) is 9.59 Å². The van der Waals surface area contributed by atoms with E-state index < -0.39 is 0 Å². The molecule has 6 nitrogen and oxygen atoms in total. The van der Waals surface area contributed by atoms with Crippen molar-refractivity contribution in [2.75, 3.05) is 19.6 Å². The third kappa shape index (κ3) is 3.53. The summed E-state index contributed by atoms with van der Waals surface area (Å²) >= 11 is 0. The lowest BCUT2D eigenvalue weighted by molar-refractivity contribution is -0.126. The van der Waals surface area contributed by atoms with Crippen molar-refractivity contribution in [2.45, 2.75) is 26.2 Å². The van der Waals surface area contributed by atoms with Gasteiger partial charge in [0.1, 0.15) is 5.69 Å². The molecule has 2 amide bonds. The maximum absolute atomic E-state index is 12.3. The van der Waals surface area contributed by atoms with E-state index in [0.29, 0.717) is 25.3 Å². The Balaban J connectivity index is 1.96. The van der Waals surface area contributed by atoms with Crippen molar-refractivity contribution in [3.8, 4) is 0 Å². The van der Waals surface area contributed by atoms with Crippen LogP contribution in [0.25, 0.3) is 0 Å². The Hall–Kier alpha value is -1.98. The Bertz CT molecular complexity index is 464. The molecule has 1 aliphatic heterocycles. The SMILES string of the molecule is CCCNC(=O)C1CCCN(C(=O)c2cnccn2)C1. The molecular weight excluding hydrogens is 256 g/mol. The number of carbonyl (C=O) groups excluding carboxylic acids is 2. The average molecular weight is 276 g/mol. The minimum Gasteiger partial charge on any atom is -0.356 e. The molecule has 0 bridgehead atoms. The van der Waals surface area contributed by atoms with Crippen LogP contribution in [0.4, 0.5) is 0 Å². The van der Waals surface area contributed by atoms with Gasteiger partial charge in [-0.15, -0.1) is 0 Å². The Morgan fingerprint density at radius 2 is 2.30 bits per heavy atom. The van der Waals surface area contributed by atoms with Gasteiger partial charge in [0.15, 0.2) is 0 Å². The first-order chi connectivity index (χ1) is 9.72. The van der Waals surface area contributed by atoms with Gasteiger partial charge in [-0.25, -0.2) is 4.98 Å². The fourth-order valence-corrected chi connectivity index (χ4v) is 2.34. The molecule has 20 heavy (non-hydrogen) atoms. The smallest absolute Gasteiger partial charge is 0.274 e. The van der Waals surface area contributed by atoms with Crippen molar-refractivity contribution in [2.24, 2.45) is 5.92 Å². The minimum atomic E-state index is -0.147. The highest BCUT2D eigenvalue weighted by molar-refractivity contribution is 5.92. The van der Waals surface area contributed by atoms with Crippen molar-refractivity contribution in [3.63, 3.8) is 0 Å². The lowest BCUT2D eigenvalue weighted by atomic mass is 9.97. The van der Waals surface area contributed by atoms with Crippen LogP contribution in [0.5, 0.6) is 0 Å². The standard InChI is InChI=1S/C14H20N4O2/c1-2-5-17-13(19)11-4-3-8-18(10-11)14(20)12-9-15-6-7-16-12/h6-7,9,11H,2-5,8,10H2,1H3,(H,17,19). The number of nitrogens with one attached hydrogen (secondary N) is 1. The van der Waals surface area contributed by atoms with E-state index in [1.165, 1.54) is 18.6 Å². The number of likely N-dealkylation sites (tertiary alicyclic amines) is 1. The molecule has 0 aliphatic carbocycles. The number of rotatable bonds is 4. The molecule has 1 aromatic heterocycles. The first kappa shape index (κ1) is 14.4. The Kier molecular flexibility index (Phi) is 5.03. The van der Waals surface area contributed by atoms with E-state index in [2.05, 4.69) is 15.3 Å². The molecule has 108 valence electrons. The predicted molar refractivity (Wildman–Crippen MR) is 74.0 cm³/mol. The van der Waals surface area contributed by atoms with Crippen molar-refractivity contribution in [1.29, 1.82) is 0 Å². The molecule has 1 atom stereocenters. The van der Waals surface area contributed by atoms with E-state index in [4.69, 9.17) is 0 Å². The first-order valence-corrected chi connectivity index (χ1v) is 7.05. The highest BCUT2D eigenvalue weighted by Crippen LogP contribution is 2.18. The zero-order chi connectivity index (χ0) is 14.4. The zero-order valence-corrected chi connectivity index (χ0v) is 11.7. The molecule has 1 saturated heterocycles. The average Bonchev–Trinajstić information content (AvgIpc) is 2.52. The molecule has 1 unspecified atom stereocenters. The summed E-state index contributed by atoms with van der Waals surface area (Å²) in [5.74, 6) is -0.217. The summed E-state index contributed by atoms with van der Waals surface area (Å²) in [7, 11) is 0. The lowest BCUT2D eigenvalue weighted by Gasteiger charge is -2.31. The summed E-state index contributed by atoms with van der Waals surface area (Å²) in [5, 5.41) is 2.90. The second-order valence-corrected chi connectivity index (χ2v) is 4.97. The molecule has 0 radical (unpaired) electrons. The molecule has 1 fully saturated rings. The van der Waals surface area contributed by atoms with Crippen molar-refractivity contribution in [3.05, 3.63) is 24.3 Å². The Labute approximate surface area is 118 Å². The van der Waals surface area contributed by atoms with Gasteiger partial charge in [0, 0.05) is 32.0 Å². The van der Waals surface area contributed by atoms with Crippen LogP contribution in [0.3, 0.4) is 0 Å². The molecule has 1 aliphatic rings. The van der Waals surface area contributed by atoms with E-state index >= 15 is 0 Å². The number of nitrogens with zero attached hydrogens (tertiary/aromatic N) is 3. The Morgan fingerprint density at radius 1 is 1.45 bits per heavy atom. The first-order valence-electron chi connectivity index (χ1n) is 7.05. The van der Waals surface area contributed by atoms with Crippen molar-refractivity contribution in [1.82, 2.24) is 20.2 Å². The monoisotopic (exact) mass is 276 g/mol.